The van der Waals surface area contributed by atoms with E-state index in [1.807, 2.05) is 36.6 Å². The first-order chi connectivity index (χ1) is 9.13. The highest BCUT2D eigenvalue weighted by atomic mass is 79.9. The topological polar surface area (TPSA) is 29.1 Å². The van der Waals surface area contributed by atoms with Gasteiger partial charge in [0.1, 0.15) is 0 Å². The molecule has 2 rings (SSSR count). The zero-order chi connectivity index (χ0) is 13.8. The van der Waals surface area contributed by atoms with Gasteiger partial charge in [-0.05, 0) is 52.4 Å². The number of nitrogens with one attached hydrogen (secondary N) is 1. The monoisotopic (exact) mass is 337 g/mol. The van der Waals surface area contributed by atoms with E-state index >= 15 is 0 Å². The van der Waals surface area contributed by atoms with Crippen LogP contribution in [0.5, 0.6) is 0 Å². The molecule has 0 saturated heterocycles. The molecular formula is C15H16BrNOS. The number of thiophene rings is 1. The molecule has 19 heavy (non-hydrogen) atoms. The smallest absolute Gasteiger partial charge is 0.252 e. The van der Waals surface area contributed by atoms with Crippen molar-refractivity contribution in [3.05, 3.63) is 56.2 Å². The highest BCUT2D eigenvalue weighted by Gasteiger charge is 2.17. The van der Waals surface area contributed by atoms with Gasteiger partial charge in [0.2, 0.25) is 0 Å². The summed E-state index contributed by atoms with van der Waals surface area (Å²) in [6, 6.07) is 9.88. The first-order valence-electron chi connectivity index (χ1n) is 6.22. The zero-order valence-electron chi connectivity index (χ0n) is 10.9. The summed E-state index contributed by atoms with van der Waals surface area (Å²) in [5.41, 5.74) is 1.76. The maximum absolute atomic E-state index is 12.3. The second-order valence-corrected chi connectivity index (χ2v) is 6.16. The van der Waals surface area contributed by atoms with E-state index in [4.69, 9.17) is 0 Å². The SMILES string of the molecule is CCC(NC(=O)c1cccc(C)c1Br)c1cccs1. The van der Waals surface area contributed by atoms with E-state index in [0.717, 1.165) is 16.5 Å². The number of halogens is 1. The molecule has 4 heteroatoms. The van der Waals surface area contributed by atoms with Crippen molar-refractivity contribution in [2.24, 2.45) is 0 Å². The van der Waals surface area contributed by atoms with Gasteiger partial charge in [0, 0.05) is 9.35 Å². The van der Waals surface area contributed by atoms with Gasteiger partial charge < -0.3 is 5.32 Å². The molecule has 1 heterocycles. The number of carbonyl (C=O) groups excluding carboxylic acids is 1. The molecule has 0 aliphatic carbocycles. The van der Waals surface area contributed by atoms with E-state index in [2.05, 4.69) is 34.2 Å². The van der Waals surface area contributed by atoms with E-state index in [1.54, 1.807) is 11.3 Å². The summed E-state index contributed by atoms with van der Waals surface area (Å²) in [4.78, 5) is 13.5. The molecule has 0 bridgehead atoms. The molecule has 1 N–H and O–H groups in total. The fourth-order valence-electron chi connectivity index (χ4n) is 1.92. The van der Waals surface area contributed by atoms with Crippen LogP contribution in [0.15, 0.2) is 40.2 Å². The van der Waals surface area contributed by atoms with Crippen LogP contribution in [0.3, 0.4) is 0 Å². The lowest BCUT2D eigenvalue weighted by atomic mass is 10.1. The van der Waals surface area contributed by atoms with Crippen LogP contribution in [0.25, 0.3) is 0 Å². The number of aryl methyl sites for hydroxylation is 1. The second-order valence-electron chi connectivity index (χ2n) is 4.39. The number of hydrogen-bond donors (Lipinski definition) is 1. The fraction of sp³-hybridized carbons (Fsp3) is 0.267. The van der Waals surface area contributed by atoms with Crippen molar-refractivity contribution in [1.82, 2.24) is 5.32 Å². The van der Waals surface area contributed by atoms with Crippen LogP contribution < -0.4 is 5.32 Å². The van der Waals surface area contributed by atoms with Gasteiger partial charge in [-0.2, -0.15) is 0 Å². The lowest BCUT2D eigenvalue weighted by Gasteiger charge is -2.16. The molecule has 0 aliphatic rings. The molecule has 0 fully saturated rings. The average Bonchev–Trinajstić information content (AvgIpc) is 2.92. The van der Waals surface area contributed by atoms with Crippen LogP contribution in [-0.4, -0.2) is 5.91 Å². The summed E-state index contributed by atoms with van der Waals surface area (Å²) in [6.45, 7) is 4.06. The van der Waals surface area contributed by atoms with Crippen LogP contribution in [0.2, 0.25) is 0 Å². The summed E-state index contributed by atoms with van der Waals surface area (Å²) < 4.78 is 0.869. The van der Waals surface area contributed by atoms with Gasteiger partial charge in [-0.3, -0.25) is 4.79 Å². The Morgan fingerprint density at radius 1 is 1.37 bits per heavy atom. The molecule has 100 valence electrons. The Labute approximate surface area is 126 Å². The number of hydrogen-bond acceptors (Lipinski definition) is 2. The van der Waals surface area contributed by atoms with E-state index in [9.17, 15) is 4.79 Å². The normalized spacial score (nSPS) is 12.2. The van der Waals surface area contributed by atoms with E-state index in [1.165, 1.54) is 4.88 Å². The van der Waals surface area contributed by atoms with Gasteiger partial charge in [-0.15, -0.1) is 11.3 Å². The van der Waals surface area contributed by atoms with Crippen molar-refractivity contribution >= 4 is 33.2 Å². The predicted molar refractivity (Wildman–Crippen MR) is 83.7 cm³/mol. The Balaban J connectivity index is 2.18. The molecule has 2 aromatic rings. The summed E-state index contributed by atoms with van der Waals surface area (Å²) in [7, 11) is 0. The molecule has 1 atom stereocenters. The molecule has 2 nitrogen and oxygen atoms in total. The van der Waals surface area contributed by atoms with E-state index in [0.29, 0.717) is 5.56 Å². The standard InChI is InChI=1S/C15H16BrNOS/c1-3-12(13-8-5-9-19-13)17-15(18)11-7-4-6-10(2)14(11)16/h4-9,12H,3H2,1-2H3,(H,17,18). The number of amides is 1. The van der Waals surface area contributed by atoms with Gasteiger partial charge in [0.05, 0.1) is 11.6 Å². The third kappa shape index (κ3) is 3.25. The third-order valence-electron chi connectivity index (χ3n) is 3.04. The third-order valence-corrected chi connectivity index (χ3v) is 5.08. The maximum atomic E-state index is 12.3. The minimum atomic E-state index is -0.0316. The first-order valence-corrected chi connectivity index (χ1v) is 7.90. The van der Waals surface area contributed by atoms with E-state index < -0.39 is 0 Å². The van der Waals surface area contributed by atoms with Crippen LogP contribution in [-0.2, 0) is 0 Å². The van der Waals surface area contributed by atoms with Crippen LogP contribution in [0.1, 0.15) is 40.2 Å². The second kappa shape index (κ2) is 6.35. The summed E-state index contributed by atoms with van der Waals surface area (Å²) >= 11 is 5.16. The van der Waals surface area contributed by atoms with Crippen molar-refractivity contribution in [2.45, 2.75) is 26.3 Å². The molecule has 0 saturated carbocycles. The van der Waals surface area contributed by atoms with Gasteiger partial charge in [0.25, 0.3) is 5.91 Å². The predicted octanol–water partition coefficient (Wildman–Crippen LogP) is 4.70. The van der Waals surface area contributed by atoms with Crippen molar-refractivity contribution in [3.8, 4) is 0 Å². The van der Waals surface area contributed by atoms with Gasteiger partial charge in [-0.25, -0.2) is 0 Å². The largest absolute Gasteiger partial charge is 0.344 e. The molecule has 1 aromatic heterocycles. The minimum absolute atomic E-state index is 0.0316. The Kier molecular flexibility index (Phi) is 4.77. The van der Waals surface area contributed by atoms with E-state index in [-0.39, 0.29) is 11.9 Å². The van der Waals surface area contributed by atoms with Gasteiger partial charge in [0.15, 0.2) is 0 Å². The molecule has 0 aliphatic heterocycles. The van der Waals surface area contributed by atoms with Crippen molar-refractivity contribution in [3.63, 3.8) is 0 Å². The van der Waals surface area contributed by atoms with Crippen LogP contribution in [0, 0.1) is 6.92 Å². The number of carbonyl (C=O) groups is 1. The zero-order valence-corrected chi connectivity index (χ0v) is 13.3. The quantitative estimate of drug-likeness (QED) is 0.860. The summed E-state index contributed by atoms with van der Waals surface area (Å²) in [5, 5.41) is 5.13. The Morgan fingerprint density at radius 2 is 2.16 bits per heavy atom. The van der Waals surface area contributed by atoms with Crippen molar-refractivity contribution in [2.75, 3.05) is 0 Å². The summed E-state index contributed by atoms with van der Waals surface area (Å²) in [5.74, 6) is -0.0316. The first kappa shape index (κ1) is 14.3. The molecule has 1 amide bonds. The minimum Gasteiger partial charge on any atom is -0.344 e. The Hall–Kier alpha value is -1.13. The van der Waals surface area contributed by atoms with Gasteiger partial charge in [-0.1, -0.05) is 25.1 Å². The average molecular weight is 338 g/mol. The van der Waals surface area contributed by atoms with Crippen LogP contribution >= 0.6 is 27.3 Å². The van der Waals surface area contributed by atoms with Gasteiger partial charge >= 0.3 is 0 Å². The highest BCUT2D eigenvalue weighted by Crippen LogP contribution is 2.25. The molecular weight excluding hydrogens is 322 g/mol. The fourth-order valence-corrected chi connectivity index (χ4v) is 3.23. The molecule has 1 aromatic carbocycles. The molecule has 0 spiro atoms. The lowest BCUT2D eigenvalue weighted by Crippen LogP contribution is -2.28. The number of benzene rings is 1. The molecule has 0 radical (unpaired) electrons. The van der Waals surface area contributed by atoms with Crippen molar-refractivity contribution < 1.29 is 4.79 Å². The van der Waals surface area contributed by atoms with Crippen molar-refractivity contribution in [1.29, 1.82) is 0 Å². The lowest BCUT2D eigenvalue weighted by molar-refractivity contribution is 0.0935. The Bertz CT molecular complexity index is 566. The number of rotatable bonds is 4. The summed E-state index contributed by atoms with van der Waals surface area (Å²) in [6.07, 6.45) is 0.885. The maximum Gasteiger partial charge on any atom is 0.252 e. The molecule has 1 unspecified atom stereocenters. The highest BCUT2D eigenvalue weighted by molar-refractivity contribution is 9.10. The van der Waals surface area contributed by atoms with Crippen LogP contribution in [0.4, 0.5) is 0 Å². The Morgan fingerprint density at radius 3 is 2.79 bits per heavy atom.